The van der Waals surface area contributed by atoms with Crippen LogP contribution < -0.4 is 9.47 Å². The molecule has 0 fully saturated rings. The minimum atomic E-state index is -0.877. The monoisotopic (exact) mass is 570 g/mol. The van der Waals surface area contributed by atoms with Crippen LogP contribution in [0.1, 0.15) is 41.7 Å². The lowest BCUT2D eigenvalue weighted by Crippen LogP contribution is -2.35. The van der Waals surface area contributed by atoms with Crippen molar-refractivity contribution in [1.29, 1.82) is 0 Å². The first kappa shape index (κ1) is 25.2. The predicted molar refractivity (Wildman–Crippen MR) is 179 cm³/mol. The maximum Gasteiger partial charge on any atom is 0.178 e. The fraction of sp³-hybridized carbons (Fsp3) is 0.122. The molecule has 1 aliphatic heterocycles. The molecule has 7 aromatic rings. The highest BCUT2D eigenvalue weighted by Crippen LogP contribution is 2.58. The average molecular weight is 571 g/mol. The van der Waals surface area contributed by atoms with Gasteiger partial charge in [-0.25, -0.2) is 0 Å². The molecule has 1 aliphatic carbocycles. The third-order valence-electron chi connectivity index (χ3n) is 9.77. The summed E-state index contributed by atoms with van der Waals surface area (Å²) in [7, 11) is 1.70. The van der Waals surface area contributed by atoms with Gasteiger partial charge in [0.25, 0.3) is 0 Å². The molecular weight excluding hydrogens is 540 g/mol. The second kappa shape index (κ2) is 8.87. The number of furan rings is 1. The first-order valence-electron chi connectivity index (χ1n) is 15.1. The Bertz CT molecular complexity index is 2320. The fourth-order valence-corrected chi connectivity index (χ4v) is 7.67. The molecule has 0 amide bonds. The topological polar surface area (TPSA) is 31.6 Å². The van der Waals surface area contributed by atoms with E-state index in [2.05, 4.69) is 117 Å². The Morgan fingerprint density at radius 2 is 1.32 bits per heavy atom. The normalized spacial score (nSPS) is 17.8. The molecule has 44 heavy (non-hydrogen) atoms. The molecule has 0 saturated heterocycles. The van der Waals surface area contributed by atoms with Crippen LogP contribution in [-0.4, -0.2) is 7.11 Å². The molecular formula is C41H30O3. The molecule has 2 heterocycles. The van der Waals surface area contributed by atoms with Crippen LogP contribution in [0.15, 0.2) is 126 Å². The van der Waals surface area contributed by atoms with E-state index in [1.54, 1.807) is 7.11 Å². The quantitative estimate of drug-likeness (QED) is 0.212. The van der Waals surface area contributed by atoms with Gasteiger partial charge in [0.1, 0.15) is 22.7 Å². The van der Waals surface area contributed by atoms with Gasteiger partial charge in [-0.2, -0.15) is 0 Å². The molecule has 6 aromatic carbocycles. The Balaban J connectivity index is 1.35. The zero-order chi connectivity index (χ0) is 29.6. The second-order valence-corrected chi connectivity index (χ2v) is 12.4. The summed E-state index contributed by atoms with van der Waals surface area (Å²) in [4.78, 5) is 0. The van der Waals surface area contributed by atoms with Crippen molar-refractivity contribution in [2.75, 3.05) is 7.11 Å². The Labute approximate surface area is 256 Å². The lowest BCUT2D eigenvalue weighted by molar-refractivity contribution is 0.163. The van der Waals surface area contributed by atoms with E-state index in [9.17, 15) is 0 Å². The summed E-state index contributed by atoms with van der Waals surface area (Å²) in [5, 5.41) is 4.50. The van der Waals surface area contributed by atoms with Crippen molar-refractivity contribution in [1.82, 2.24) is 0 Å². The number of para-hydroxylation sites is 1. The standard InChI is InChI=1S/C41H30O3/c1-40(2)34-14-8-6-13-31(34)37-29-11-4-5-12-30(29)39-32(38(37)40)22-23-41(44-39,25-16-19-27(42-3)20-17-25)26-18-21-36-33(24-26)28-10-7-9-15-35(28)43-36/h4-24H,1-3H3. The number of rotatable bonds is 3. The van der Waals surface area contributed by atoms with E-state index in [1.807, 2.05) is 24.3 Å². The lowest BCUT2D eigenvalue weighted by Gasteiger charge is -2.38. The lowest BCUT2D eigenvalue weighted by atomic mass is 9.76. The van der Waals surface area contributed by atoms with Gasteiger partial charge < -0.3 is 13.9 Å². The van der Waals surface area contributed by atoms with Crippen LogP contribution in [0.25, 0.3) is 49.9 Å². The Morgan fingerprint density at radius 1 is 0.636 bits per heavy atom. The summed E-state index contributed by atoms with van der Waals surface area (Å²) >= 11 is 0. The molecule has 0 N–H and O–H groups in total. The number of methoxy groups -OCH3 is 1. The van der Waals surface area contributed by atoms with Gasteiger partial charge >= 0.3 is 0 Å². The van der Waals surface area contributed by atoms with E-state index < -0.39 is 5.60 Å². The Hall–Kier alpha value is -5.28. The van der Waals surface area contributed by atoms with E-state index in [0.29, 0.717) is 0 Å². The van der Waals surface area contributed by atoms with Crippen molar-refractivity contribution in [2.24, 2.45) is 0 Å². The van der Waals surface area contributed by atoms with Crippen LogP contribution in [-0.2, 0) is 11.0 Å². The Morgan fingerprint density at radius 3 is 2.14 bits per heavy atom. The number of fused-ring (bicyclic) bond motifs is 11. The van der Waals surface area contributed by atoms with E-state index in [1.165, 1.54) is 27.6 Å². The third-order valence-corrected chi connectivity index (χ3v) is 9.77. The molecule has 1 aromatic heterocycles. The van der Waals surface area contributed by atoms with Crippen LogP contribution in [0.5, 0.6) is 11.5 Å². The summed E-state index contributed by atoms with van der Waals surface area (Å²) in [6, 6.07) is 40.4. The van der Waals surface area contributed by atoms with Crippen LogP contribution in [0.2, 0.25) is 0 Å². The number of benzene rings is 6. The third kappa shape index (κ3) is 3.27. The first-order chi connectivity index (χ1) is 21.5. The number of hydrogen-bond donors (Lipinski definition) is 0. The average Bonchev–Trinajstić information content (AvgIpc) is 3.56. The van der Waals surface area contributed by atoms with E-state index in [0.717, 1.165) is 55.5 Å². The number of hydrogen-bond acceptors (Lipinski definition) is 3. The first-order valence-corrected chi connectivity index (χ1v) is 15.1. The van der Waals surface area contributed by atoms with Gasteiger partial charge in [0.2, 0.25) is 0 Å². The van der Waals surface area contributed by atoms with Crippen LogP contribution >= 0.6 is 0 Å². The molecule has 9 rings (SSSR count). The summed E-state index contributed by atoms with van der Waals surface area (Å²) in [6.07, 6.45) is 4.55. The van der Waals surface area contributed by atoms with Gasteiger partial charge in [-0.15, -0.1) is 0 Å². The number of ether oxygens (including phenoxy) is 2. The molecule has 0 spiro atoms. The molecule has 1 unspecified atom stereocenters. The molecule has 0 saturated carbocycles. The van der Waals surface area contributed by atoms with Gasteiger partial charge in [0.05, 0.1) is 7.11 Å². The minimum absolute atomic E-state index is 0.178. The van der Waals surface area contributed by atoms with E-state index in [-0.39, 0.29) is 5.41 Å². The van der Waals surface area contributed by atoms with Crippen molar-refractivity contribution >= 4 is 38.8 Å². The highest BCUT2D eigenvalue weighted by Gasteiger charge is 2.44. The fourth-order valence-electron chi connectivity index (χ4n) is 7.67. The second-order valence-electron chi connectivity index (χ2n) is 12.4. The van der Waals surface area contributed by atoms with Gasteiger partial charge in [-0.1, -0.05) is 105 Å². The summed E-state index contributed by atoms with van der Waals surface area (Å²) in [5.41, 5.74) is 9.21. The zero-order valence-corrected chi connectivity index (χ0v) is 24.8. The molecule has 3 nitrogen and oxygen atoms in total. The summed E-state index contributed by atoms with van der Waals surface area (Å²) in [6.45, 7) is 4.67. The SMILES string of the molecule is COc1ccc(C2(c3ccc4oc5ccccc5c4c3)C=Cc3c4c(c5ccccc5c3O2)-c2ccccc2C4(C)C)cc1. The summed E-state index contributed by atoms with van der Waals surface area (Å²) in [5.74, 6) is 1.72. The van der Waals surface area contributed by atoms with Crippen LogP contribution in [0.4, 0.5) is 0 Å². The van der Waals surface area contributed by atoms with Crippen molar-refractivity contribution in [2.45, 2.75) is 24.9 Å². The van der Waals surface area contributed by atoms with E-state index in [4.69, 9.17) is 13.9 Å². The van der Waals surface area contributed by atoms with Gasteiger partial charge in [-0.05, 0) is 64.0 Å². The van der Waals surface area contributed by atoms with Gasteiger partial charge in [0, 0.05) is 38.3 Å². The molecule has 2 aliphatic rings. The largest absolute Gasteiger partial charge is 0.497 e. The molecule has 0 radical (unpaired) electrons. The van der Waals surface area contributed by atoms with Gasteiger partial charge in [-0.3, -0.25) is 0 Å². The highest BCUT2D eigenvalue weighted by molar-refractivity contribution is 6.09. The zero-order valence-electron chi connectivity index (χ0n) is 24.8. The van der Waals surface area contributed by atoms with Crippen molar-refractivity contribution in [3.63, 3.8) is 0 Å². The van der Waals surface area contributed by atoms with E-state index >= 15 is 0 Å². The van der Waals surface area contributed by atoms with Gasteiger partial charge in [0.15, 0.2) is 5.60 Å². The van der Waals surface area contributed by atoms with Crippen molar-refractivity contribution in [3.05, 3.63) is 149 Å². The highest BCUT2D eigenvalue weighted by atomic mass is 16.5. The van der Waals surface area contributed by atoms with Crippen molar-refractivity contribution in [3.8, 4) is 22.6 Å². The van der Waals surface area contributed by atoms with Crippen LogP contribution in [0.3, 0.4) is 0 Å². The summed E-state index contributed by atoms with van der Waals surface area (Å²) < 4.78 is 19.2. The predicted octanol–water partition coefficient (Wildman–Crippen LogP) is 10.4. The molecule has 3 heteroatoms. The van der Waals surface area contributed by atoms with Crippen LogP contribution in [0, 0.1) is 0 Å². The smallest absolute Gasteiger partial charge is 0.178 e. The minimum Gasteiger partial charge on any atom is -0.497 e. The molecule has 1 atom stereocenters. The molecule has 0 bridgehead atoms. The molecule has 212 valence electrons. The van der Waals surface area contributed by atoms with Crippen molar-refractivity contribution < 1.29 is 13.9 Å². The maximum atomic E-state index is 7.48. The maximum absolute atomic E-state index is 7.48. The Kier molecular flexibility index (Phi) is 5.09.